The minimum Gasteiger partial charge on any atom is -0.480 e. The number of ketones is 1. The predicted molar refractivity (Wildman–Crippen MR) is 52.6 cm³/mol. The zero-order valence-electron chi connectivity index (χ0n) is 8.49. The highest BCUT2D eigenvalue weighted by Crippen LogP contribution is 2.19. The van der Waals surface area contributed by atoms with Crippen LogP contribution in [-0.4, -0.2) is 18.2 Å². The Hall–Kier alpha value is -1.71. The average Bonchev–Trinajstić information content (AvgIpc) is 2.20. The van der Waals surface area contributed by atoms with Gasteiger partial charge in [-0.1, -0.05) is 0 Å². The number of carbonyl (C=O) groups is 2. The second-order valence-electron chi connectivity index (χ2n) is 3.18. The van der Waals surface area contributed by atoms with E-state index in [-0.39, 0.29) is 17.1 Å². The van der Waals surface area contributed by atoms with Gasteiger partial charge in [0.25, 0.3) is 0 Å². The molecule has 80 valence electrons. The lowest BCUT2D eigenvalue weighted by Crippen LogP contribution is -2.21. The number of benzene rings is 1. The molecule has 3 nitrogen and oxygen atoms in total. The van der Waals surface area contributed by atoms with Crippen molar-refractivity contribution in [1.82, 2.24) is 0 Å². The first-order valence-electron chi connectivity index (χ1n) is 4.46. The number of carbonyl (C=O) groups excluding carboxylic acids is 2. The maximum Gasteiger partial charge on any atom is 0.169 e. The third-order valence-corrected chi connectivity index (χ3v) is 1.97. The van der Waals surface area contributed by atoms with Crippen LogP contribution in [0.5, 0.6) is 5.75 Å². The lowest BCUT2D eigenvalue weighted by molar-refractivity contribution is -0.122. The van der Waals surface area contributed by atoms with Crippen molar-refractivity contribution >= 4 is 12.1 Å². The lowest BCUT2D eigenvalue weighted by Gasteiger charge is -2.12. The Morgan fingerprint density at radius 1 is 1.53 bits per heavy atom. The maximum absolute atomic E-state index is 13.3. The van der Waals surface area contributed by atoms with Crippen LogP contribution in [0.4, 0.5) is 4.39 Å². The van der Waals surface area contributed by atoms with Crippen molar-refractivity contribution in [2.75, 3.05) is 0 Å². The highest BCUT2D eigenvalue weighted by molar-refractivity contribution is 5.80. The van der Waals surface area contributed by atoms with Gasteiger partial charge in [-0.3, -0.25) is 9.59 Å². The maximum atomic E-state index is 13.3. The Morgan fingerprint density at radius 3 is 2.67 bits per heavy atom. The molecule has 1 atom stereocenters. The van der Waals surface area contributed by atoms with E-state index in [2.05, 4.69) is 0 Å². The monoisotopic (exact) mass is 210 g/mol. The van der Waals surface area contributed by atoms with Gasteiger partial charge in [-0.25, -0.2) is 4.39 Å². The Labute approximate surface area is 86.9 Å². The van der Waals surface area contributed by atoms with Crippen LogP contribution < -0.4 is 4.74 Å². The standard InChI is InChI=1S/C11H11FO3/c1-7(14)8(2)15-11-4-3-9(6-13)5-10(11)12/h3-6,8H,1-2H3. The first kappa shape index (κ1) is 11.4. The van der Waals surface area contributed by atoms with Gasteiger partial charge < -0.3 is 4.74 Å². The number of aldehydes is 1. The van der Waals surface area contributed by atoms with Gasteiger partial charge in [0.2, 0.25) is 0 Å². The fourth-order valence-corrected chi connectivity index (χ4v) is 0.959. The normalized spacial score (nSPS) is 11.9. The molecular weight excluding hydrogens is 199 g/mol. The highest BCUT2D eigenvalue weighted by atomic mass is 19.1. The smallest absolute Gasteiger partial charge is 0.169 e. The van der Waals surface area contributed by atoms with Gasteiger partial charge in [0.1, 0.15) is 6.29 Å². The Balaban J connectivity index is 2.87. The van der Waals surface area contributed by atoms with Crippen LogP contribution in [0.15, 0.2) is 18.2 Å². The van der Waals surface area contributed by atoms with E-state index < -0.39 is 11.9 Å². The number of ether oxygens (including phenoxy) is 1. The van der Waals surface area contributed by atoms with Crippen molar-refractivity contribution in [3.05, 3.63) is 29.6 Å². The summed E-state index contributed by atoms with van der Waals surface area (Å²) in [6.07, 6.45) is -0.150. The Bertz CT molecular complexity index is 387. The summed E-state index contributed by atoms with van der Waals surface area (Å²) in [4.78, 5) is 21.2. The molecule has 0 aliphatic heterocycles. The van der Waals surface area contributed by atoms with Crippen molar-refractivity contribution < 1.29 is 18.7 Å². The molecule has 0 amide bonds. The first-order chi connectivity index (χ1) is 7.04. The van der Waals surface area contributed by atoms with Crippen LogP contribution >= 0.6 is 0 Å². The largest absolute Gasteiger partial charge is 0.480 e. The van der Waals surface area contributed by atoms with E-state index in [1.54, 1.807) is 0 Å². The van der Waals surface area contributed by atoms with Crippen LogP contribution in [-0.2, 0) is 4.79 Å². The molecule has 0 heterocycles. The summed E-state index contributed by atoms with van der Waals surface area (Å²) < 4.78 is 18.3. The van der Waals surface area contributed by atoms with Crippen LogP contribution in [0.25, 0.3) is 0 Å². The molecule has 1 unspecified atom stereocenters. The molecule has 1 aromatic carbocycles. The van der Waals surface area contributed by atoms with E-state index in [1.807, 2.05) is 0 Å². The minimum absolute atomic E-state index is 0.0247. The van der Waals surface area contributed by atoms with E-state index >= 15 is 0 Å². The van der Waals surface area contributed by atoms with E-state index in [1.165, 1.54) is 26.0 Å². The number of rotatable bonds is 4. The van der Waals surface area contributed by atoms with Crippen LogP contribution in [0.1, 0.15) is 24.2 Å². The van der Waals surface area contributed by atoms with E-state index in [0.717, 1.165) is 6.07 Å². The van der Waals surface area contributed by atoms with Crippen LogP contribution in [0.3, 0.4) is 0 Å². The predicted octanol–water partition coefficient (Wildman–Crippen LogP) is 1.99. The molecule has 4 heteroatoms. The van der Waals surface area contributed by atoms with Crippen LogP contribution in [0, 0.1) is 5.82 Å². The van der Waals surface area contributed by atoms with E-state index in [4.69, 9.17) is 4.74 Å². The number of hydrogen-bond acceptors (Lipinski definition) is 3. The first-order valence-corrected chi connectivity index (χ1v) is 4.46. The van der Waals surface area contributed by atoms with Gasteiger partial charge in [0.05, 0.1) is 0 Å². The van der Waals surface area contributed by atoms with Crippen molar-refractivity contribution in [2.24, 2.45) is 0 Å². The molecule has 1 rings (SSSR count). The fourth-order valence-electron chi connectivity index (χ4n) is 0.959. The Morgan fingerprint density at radius 2 is 2.20 bits per heavy atom. The van der Waals surface area contributed by atoms with E-state index in [0.29, 0.717) is 6.29 Å². The molecule has 0 saturated carbocycles. The topological polar surface area (TPSA) is 43.4 Å². The quantitative estimate of drug-likeness (QED) is 0.714. The number of Topliss-reactive ketones (excluding diaryl/α,β-unsaturated/α-hetero) is 1. The third-order valence-electron chi connectivity index (χ3n) is 1.97. The summed E-state index contributed by atoms with van der Waals surface area (Å²) in [6.45, 7) is 2.90. The molecule has 0 aliphatic rings. The molecule has 0 fully saturated rings. The number of hydrogen-bond donors (Lipinski definition) is 0. The zero-order valence-corrected chi connectivity index (χ0v) is 8.49. The van der Waals surface area contributed by atoms with Gasteiger partial charge in [-0.15, -0.1) is 0 Å². The molecule has 0 N–H and O–H groups in total. The van der Waals surface area contributed by atoms with Gasteiger partial charge in [0.15, 0.2) is 23.5 Å². The van der Waals surface area contributed by atoms with Crippen molar-refractivity contribution in [1.29, 1.82) is 0 Å². The molecule has 0 radical (unpaired) electrons. The summed E-state index contributed by atoms with van der Waals surface area (Å²) >= 11 is 0. The summed E-state index contributed by atoms with van der Waals surface area (Å²) in [7, 11) is 0. The second-order valence-corrected chi connectivity index (χ2v) is 3.18. The molecule has 15 heavy (non-hydrogen) atoms. The molecule has 0 aliphatic carbocycles. The summed E-state index contributed by atoms with van der Waals surface area (Å²) in [5.74, 6) is -0.857. The lowest BCUT2D eigenvalue weighted by atomic mass is 10.2. The van der Waals surface area contributed by atoms with Crippen molar-refractivity contribution in [3.63, 3.8) is 0 Å². The Kier molecular flexibility index (Phi) is 3.55. The summed E-state index contributed by atoms with van der Waals surface area (Å²) in [5.41, 5.74) is 0.232. The van der Waals surface area contributed by atoms with Gasteiger partial charge in [0, 0.05) is 5.56 Å². The summed E-state index contributed by atoms with van der Waals surface area (Å²) in [5, 5.41) is 0. The highest BCUT2D eigenvalue weighted by Gasteiger charge is 2.12. The van der Waals surface area contributed by atoms with Gasteiger partial charge in [-0.05, 0) is 32.0 Å². The molecule has 0 aromatic heterocycles. The molecule has 0 bridgehead atoms. The fraction of sp³-hybridized carbons (Fsp3) is 0.273. The third kappa shape index (κ3) is 2.87. The molecule has 1 aromatic rings. The second kappa shape index (κ2) is 4.68. The number of halogens is 1. The molecule has 0 spiro atoms. The molecule has 0 saturated heterocycles. The zero-order chi connectivity index (χ0) is 11.4. The minimum atomic E-state index is -0.693. The van der Waals surface area contributed by atoms with Crippen LogP contribution in [0.2, 0.25) is 0 Å². The van der Waals surface area contributed by atoms with Gasteiger partial charge in [-0.2, -0.15) is 0 Å². The average molecular weight is 210 g/mol. The van der Waals surface area contributed by atoms with E-state index in [9.17, 15) is 14.0 Å². The van der Waals surface area contributed by atoms with Crippen molar-refractivity contribution in [2.45, 2.75) is 20.0 Å². The molecular formula is C11H11FO3. The summed E-state index contributed by atoms with van der Waals surface area (Å²) in [6, 6.07) is 3.83. The SMILES string of the molecule is CC(=O)C(C)Oc1ccc(C=O)cc1F. The van der Waals surface area contributed by atoms with Crippen molar-refractivity contribution in [3.8, 4) is 5.75 Å². The van der Waals surface area contributed by atoms with Gasteiger partial charge >= 0.3 is 0 Å².